The van der Waals surface area contributed by atoms with Crippen LogP contribution >= 0.6 is 11.6 Å². The molecule has 5 nitrogen and oxygen atoms in total. The Kier molecular flexibility index (Phi) is 3.61. The first-order chi connectivity index (χ1) is 8.86. The summed E-state index contributed by atoms with van der Waals surface area (Å²) in [6.45, 7) is 0.279. The molecule has 2 aromatic rings. The monoisotopic (exact) mass is 291 g/mol. The number of nitrogens with one attached hydrogen (secondary N) is 1. The summed E-state index contributed by atoms with van der Waals surface area (Å²) in [6, 6.07) is 2.97. The van der Waals surface area contributed by atoms with Crippen molar-refractivity contribution in [3.63, 3.8) is 0 Å². The number of hydrogen-bond acceptors (Lipinski definition) is 4. The van der Waals surface area contributed by atoms with E-state index in [1.807, 2.05) is 0 Å². The number of aryl methyl sites for hydroxylation is 1. The lowest BCUT2D eigenvalue weighted by Gasteiger charge is -2.09. The van der Waals surface area contributed by atoms with Gasteiger partial charge in [0.2, 0.25) is 5.82 Å². The third kappa shape index (κ3) is 3.34. The third-order valence-corrected chi connectivity index (χ3v) is 2.52. The van der Waals surface area contributed by atoms with Crippen molar-refractivity contribution in [2.75, 3.05) is 5.32 Å². The van der Waals surface area contributed by atoms with Gasteiger partial charge >= 0.3 is 6.18 Å². The SMILES string of the molecule is Cn1nccc1CNc1cc(Cl)nc(C(F)(F)F)n1. The van der Waals surface area contributed by atoms with Crippen LogP contribution in [-0.2, 0) is 19.8 Å². The molecule has 19 heavy (non-hydrogen) atoms. The maximum atomic E-state index is 12.5. The molecule has 0 bridgehead atoms. The van der Waals surface area contributed by atoms with E-state index in [9.17, 15) is 13.2 Å². The highest BCUT2D eigenvalue weighted by Crippen LogP contribution is 2.28. The zero-order valence-corrected chi connectivity index (χ0v) is 10.5. The number of aromatic nitrogens is 4. The Labute approximate surface area is 111 Å². The number of nitrogens with zero attached hydrogens (tertiary/aromatic N) is 4. The quantitative estimate of drug-likeness (QED) is 0.883. The van der Waals surface area contributed by atoms with Crippen LogP contribution < -0.4 is 5.32 Å². The molecule has 0 saturated carbocycles. The Balaban J connectivity index is 2.17. The molecule has 0 atom stereocenters. The number of halogens is 4. The van der Waals surface area contributed by atoms with Gasteiger partial charge in [-0.2, -0.15) is 18.3 Å². The van der Waals surface area contributed by atoms with Crippen molar-refractivity contribution in [1.29, 1.82) is 0 Å². The highest BCUT2D eigenvalue weighted by atomic mass is 35.5. The Hall–Kier alpha value is -1.83. The summed E-state index contributed by atoms with van der Waals surface area (Å²) in [5, 5.41) is 6.42. The molecule has 0 spiro atoms. The summed E-state index contributed by atoms with van der Waals surface area (Å²) in [6.07, 6.45) is -3.04. The minimum atomic E-state index is -4.63. The van der Waals surface area contributed by atoms with Gasteiger partial charge in [0.15, 0.2) is 0 Å². The molecule has 0 aliphatic heterocycles. The molecule has 102 valence electrons. The summed E-state index contributed by atoms with van der Waals surface area (Å²) in [4.78, 5) is 6.51. The normalized spacial score (nSPS) is 11.6. The fraction of sp³-hybridized carbons (Fsp3) is 0.300. The van der Waals surface area contributed by atoms with Crippen molar-refractivity contribution < 1.29 is 13.2 Å². The molecule has 0 aliphatic carbocycles. The van der Waals surface area contributed by atoms with E-state index < -0.39 is 12.0 Å². The van der Waals surface area contributed by atoms with Crippen LogP contribution in [-0.4, -0.2) is 19.7 Å². The molecule has 0 amide bonds. The van der Waals surface area contributed by atoms with Crippen LogP contribution in [0.4, 0.5) is 19.0 Å². The average Bonchev–Trinajstić information content (AvgIpc) is 2.70. The highest BCUT2D eigenvalue weighted by molar-refractivity contribution is 6.29. The van der Waals surface area contributed by atoms with Crippen molar-refractivity contribution in [2.45, 2.75) is 12.7 Å². The van der Waals surface area contributed by atoms with Crippen LogP contribution in [0.15, 0.2) is 18.3 Å². The molecule has 0 unspecified atom stereocenters. The Morgan fingerprint density at radius 2 is 2.11 bits per heavy atom. The van der Waals surface area contributed by atoms with E-state index in [4.69, 9.17) is 11.6 Å². The van der Waals surface area contributed by atoms with E-state index in [0.29, 0.717) is 0 Å². The number of alkyl halides is 3. The Morgan fingerprint density at radius 3 is 2.68 bits per heavy atom. The minimum Gasteiger partial charge on any atom is -0.364 e. The van der Waals surface area contributed by atoms with Crippen LogP contribution in [0.2, 0.25) is 5.15 Å². The zero-order valence-electron chi connectivity index (χ0n) is 9.74. The molecule has 9 heteroatoms. The van der Waals surface area contributed by atoms with Gasteiger partial charge in [-0.25, -0.2) is 9.97 Å². The maximum absolute atomic E-state index is 12.5. The first-order valence-electron chi connectivity index (χ1n) is 5.19. The van der Waals surface area contributed by atoms with Gasteiger partial charge in [-0.3, -0.25) is 4.68 Å². The second-order valence-electron chi connectivity index (χ2n) is 3.70. The largest absolute Gasteiger partial charge is 0.451 e. The van der Waals surface area contributed by atoms with E-state index in [-0.39, 0.29) is 17.5 Å². The van der Waals surface area contributed by atoms with Gasteiger partial charge in [0, 0.05) is 19.3 Å². The van der Waals surface area contributed by atoms with Crippen molar-refractivity contribution in [3.8, 4) is 0 Å². The van der Waals surface area contributed by atoms with Crippen LogP contribution in [0.25, 0.3) is 0 Å². The highest BCUT2D eigenvalue weighted by Gasteiger charge is 2.35. The van der Waals surface area contributed by atoms with Gasteiger partial charge in [-0.05, 0) is 6.07 Å². The summed E-state index contributed by atoms with van der Waals surface area (Å²) in [5.74, 6) is -1.26. The zero-order chi connectivity index (χ0) is 14.0. The molecule has 2 aromatic heterocycles. The van der Waals surface area contributed by atoms with Crippen LogP contribution in [0.1, 0.15) is 11.5 Å². The Bertz CT molecular complexity index is 581. The van der Waals surface area contributed by atoms with Gasteiger partial charge in [0.05, 0.1) is 12.2 Å². The van der Waals surface area contributed by atoms with Crippen LogP contribution in [0, 0.1) is 0 Å². The number of anilines is 1. The predicted octanol–water partition coefficient (Wildman–Crippen LogP) is 2.49. The second kappa shape index (κ2) is 5.04. The molecule has 0 fully saturated rings. The smallest absolute Gasteiger partial charge is 0.364 e. The average molecular weight is 292 g/mol. The van der Waals surface area contributed by atoms with E-state index >= 15 is 0 Å². The summed E-state index contributed by atoms with van der Waals surface area (Å²) in [7, 11) is 1.73. The molecule has 0 radical (unpaired) electrons. The molecule has 2 heterocycles. The lowest BCUT2D eigenvalue weighted by Crippen LogP contribution is -2.14. The van der Waals surface area contributed by atoms with Gasteiger partial charge < -0.3 is 5.32 Å². The minimum absolute atomic E-state index is 0.00789. The standard InChI is InChI=1S/C10H9ClF3N5/c1-19-6(2-3-16-19)5-15-8-4-7(11)17-9(18-8)10(12,13)14/h2-4H,5H2,1H3,(H,15,17,18). The predicted molar refractivity (Wildman–Crippen MR) is 62.6 cm³/mol. The van der Waals surface area contributed by atoms with Gasteiger partial charge in [0.1, 0.15) is 11.0 Å². The molecular weight excluding hydrogens is 283 g/mol. The molecule has 0 aliphatic rings. The molecule has 1 N–H and O–H groups in total. The molecule has 0 aromatic carbocycles. The fourth-order valence-electron chi connectivity index (χ4n) is 1.39. The lowest BCUT2D eigenvalue weighted by molar-refractivity contribution is -0.144. The van der Waals surface area contributed by atoms with Crippen molar-refractivity contribution >= 4 is 17.4 Å². The summed E-state index contributed by atoms with van der Waals surface area (Å²) in [5.41, 5.74) is 0.795. The lowest BCUT2D eigenvalue weighted by atomic mass is 10.4. The first-order valence-corrected chi connectivity index (χ1v) is 5.56. The van der Waals surface area contributed by atoms with Crippen LogP contribution in [0.5, 0.6) is 0 Å². The fourth-order valence-corrected chi connectivity index (χ4v) is 1.57. The van der Waals surface area contributed by atoms with Crippen molar-refractivity contribution in [2.24, 2.45) is 7.05 Å². The van der Waals surface area contributed by atoms with E-state index in [1.54, 1.807) is 24.0 Å². The number of rotatable bonds is 3. The Morgan fingerprint density at radius 1 is 1.37 bits per heavy atom. The van der Waals surface area contributed by atoms with Gasteiger partial charge in [-0.15, -0.1) is 0 Å². The summed E-state index contributed by atoms with van der Waals surface area (Å²) >= 11 is 5.54. The van der Waals surface area contributed by atoms with E-state index in [1.165, 1.54) is 6.07 Å². The van der Waals surface area contributed by atoms with E-state index in [2.05, 4.69) is 20.4 Å². The van der Waals surface area contributed by atoms with Crippen LogP contribution in [0.3, 0.4) is 0 Å². The molecular formula is C10H9ClF3N5. The molecule has 0 saturated heterocycles. The van der Waals surface area contributed by atoms with Crippen molar-refractivity contribution in [1.82, 2.24) is 19.7 Å². The van der Waals surface area contributed by atoms with Gasteiger partial charge in [0.25, 0.3) is 0 Å². The maximum Gasteiger partial charge on any atom is 0.451 e. The number of hydrogen-bond donors (Lipinski definition) is 1. The first kappa shape index (κ1) is 13.6. The summed E-state index contributed by atoms with van der Waals surface area (Å²) < 4.78 is 39.1. The van der Waals surface area contributed by atoms with Crippen molar-refractivity contribution in [3.05, 3.63) is 35.0 Å². The topological polar surface area (TPSA) is 55.6 Å². The van der Waals surface area contributed by atoms with Gasteiger partial charge in [-0.1, -0.05) is 11.6 Å². The third-order valence-electron chi connectivity index (χ3n) is 2.32. The second-order valence-corrected chi connectivity index (χ2v) is 4.08. The molecule has 2 rings (SSSR count). The van der Waals surface area contributed by atoms with E-state index in [0.717, 1.165) is 5.69 Å².